The van der Waals surface area contributed by atoms with Crippen LogP contribution in [0.1, 0.15) is 29.5 Å². The largest absolute Gasteiger partial charge is 0.507 e. The number of hydrogen-bond acceptors (Lipinski definition) is 4. The van der Waals surface area contributed by atoms with Crippen molar-refractivity contribution in [3.8, 4) is 0 Å². The number of aryl methyl sites for hydroxylation is 1. The normalized spacial score (nSPS) is 19.0. The maximum atomic E-state index is 13.2. The third-order valence-electron chi connectivity index (χ3n) is 4.76. The van der Waals surface area contributed by atoms with Crippen molar-refractivity contribution in [1.82, 2.24) is 4.90 Å². The van der Waals surface area contributed by atoms with Crippen LogP contribution in [-0.2, 0) is 9.59 Å². The van der Waals surface area contributed by atoms with Crippen molar-refractivity contribution in [2.75, 3.05) is 27.2 Å². The third-order valence-corrected chi connectivity index (χ3v) is 4.76. The number of amides is 1. The second kappa shape index (κ2) is 7.98. The molecule has 0 unspecified atom stereocenters. The van der Waals surface area contributed by atoms with Gasteiger partial charge in [-0.2, -0.15) is 0 Å². The Kier molecular flexibility index (Phi) is 5.65. The summed E-state index contributed by atoms with van der Waals surface area (Å²) < 4.78 is 18.9. The van der Waals surface area contributed by atoms with E-state index in [0.29, 0.717) is 24.5 Å². The quantitative estimate of drug-likeness (QED) is 0.449. The molecule has 6 nitrogen and oxygen atoms in total. The molecule has 1 aliphatic heterocycles. The summed E-state index contributed by atoms with van der Waals surface area (Å²) in [4.78, 5) is 28.1. The molecule has 0 bridgehead atoms. The maximum Gasteiger partial charge on any atom is 0.295 e. The van der Waals surface area contributed by atoms with E-state index in [-0.39, 0.29) is 16.9 Å². The van der Waals surface area contributed by atoms with Crippen molar-refractivity contribution in [3.63, 3.8) is 0 Å². The predicted molar refractivity (Wildman–Crippen MR) is 101 cm³/mol. The van der Waals surface area contributed by atoms with Gasteiger partial charge in [0.25, 0.3) is 11.7 Å². The van der Waals surface area contributed by atoms with E-state index in [2.05, 4.69) is 0 Å². The van der Waals surface area contributed by atoms with Crippen molar-refractivity contribution < 1.29 is 28.4 Å². The van der Waals surface area contributed by atoms with E-state index in [1.54, 1.807) is 19.1 Å². The minimum atomic E-state index is -0.809. The number of Topliss-reactive ketones (excluding diaryl/α,β-unsaturated/α-hetero) is 1. The first kappa shape index (κ1) is 19.8. The molecule has 2 aromatic rings. The number of aliphatic hydroxyl groups is 1. The lowest BCUT2D eigenvalue weighted by molar-refractivity contribution is -0.858. The first-order valence-electron chi connectivity index (χ1n) is 9.19. The molecular weight excluding hydrogens is 363 g/mol. The summed E-state index contributed by atoms with van der Waals surface area (Å²) in [5, 5.41) is 10.8. The summed E-state index contributed by atoms with van der Waals surface area (Å²) in [6, 6.07) is 7.77. The van der Waals surface area contributed by atoms with Gasteiger partial charge in [-0.05, 0) is 43.3 Å². The average Bonchev–Trinajstić information content (AvgIpc) is 3.18. The molecule has 28 heavy (non-hydrogen) atoms. The van der Waals surface area contributed by atoms with E-state index in [0.717, 1.165) is 6.54 Å². The Morgan fingerprint density at radius 2 is 1.86 bits per heavy atom. The Labute approximate surface area is 162 Å². The van der Waals surface area contributed by atoms with Gasteiger partial charge in [0.2, 0.25) is 0 Å². The van der Waals surface area contributed by atoms with Gasteiger partial charge in [-0.3, -0.25) is 9.59 Å². The summed E-state index contributed by atoms with van der Waals surface area (Å²) in [6.45, 7) is 2.95. The van der Waals surface area contributed by atoms with Crippen LogP contribution >= 0.6 is 0 Å². The molecule has 1 aromatic heterocycles. The van der Waals surface area contributed by atoms with Crippen LogP contribution in [0.5, 0.6) is 0 Å². The van der Waals surface area contributed by atoms with Crippen LogP contribution in [0.3, 0.4) is 0 Å². The number of halogens is 1. The van der Waals surface area contributed by atoms with Crippen LogP contribution in [0, 0.1) is 12.7 Å². The number of furan rings is 1. The molecule has 0 saturated carbocycles. The van der Waals surface area contributed by atoms with Crippen LogP contribution in [0.4, 0.5) is 4.39 Å². The molecule has 1 amide bonds. The first-order chi connectivity index (χ1) is 13.3. The Hall–Kier alpha value is -2.93. The molecule has 1 aliphatic rings. The van der Waals surface area contributed by atoms with E-state index < -0.39 is 23.5 Å². The highest BCUT2D eigenvalue weighted by atomic mass is 19.1. The van der Waals surface area contributed by atoms with Gasteiger partial charge in [0.1, 0.15) is 29.1 Å². The maximum absolute atomic E-state index is 13.2. The molecule has 2 heterocycles. The minimum Gasteiger partial charge on any atom is -0.507 e. The predicted octanol–water partition coefficient (Wildman–Crippen LogP) is 1.68. The SMILES string of the molecule is Cc1ccc([C@@H]2C(=C(O)c3ccc(F)cc3)C(=O)C(=O)N2CCC[NH+](C)C)o1. The molecule has 3 rings (SSSR count). The summed E-state index contributed by atoms with van der Waals surface area (Å²) in [5.74, 6) is -1.17. The van der Waals surface area contributed by atoms with Crippen LogP contribution in [0.15, 0.2) is 46.4 Å². The molecule has 0 spiro atoms. The number of rotatable bonds is 6. The number of likely N-dealkylation sites (tertiary alicyclic amines) is 1. The van der Waals surface area contributed by atoms with E-state index in [9.17, 15) is 19.1 Å². The van der Waals surface area contributed by atoms with Crippen LogP contribution in [0.2, 0.25) is 0 Å². The van der Waals surface area contributed by atoms with Crippen LogP contribution in [-0.4, -0.2) is 48.9 Å². The Bertz CT molecular complexity index is 915. The second-order valence-corrected chi connectivity index (χ2v) is 7.26. The average molecular weight is 387 g/mol. The molecule has 1 saturated heterocycles. The molecule has 1 fully saturated rings. The van der Waals surface area contributed by atoms with E-state index in [1.807, 2.05) is 14.1 Å². The highest BCUT2D eigenvalue weighted by Gasteiger charge is 2.47. The van der Waals surface area contributed by atoms with Gasteiger partial charge in [-0.25, -0.2) is 4.39 Å². The van der Waals surface area contributed by atoms with Crippen molar-refractivity contribution >= 4 is 17.4 Å². The Balaban J connectivity index is 2.05. The van der Waals surface area contributed by atoms with E-state index >= 15 is 0 Å². The lowest BCUT2D eigenvalue weighted by Crippen LogP contribution is -3.05. The molecule has 0 radical (unpaired) electrons. The summed E-state index contributed by atoms with van der Waals surface area (Å²) >= 11 is 0. The molecular formula is C21H24FN2O4+. The fourth-order valence-corrected chi connectivity index (χ4v) is 3.37. The number of carbonyl (C=O) groups excluding carboxylic acids is 2. The lowest BCUT2D eigenvalue weighted by Gasteiger charge is -2.23. The van der Waals surface area contributed by atoms with Crippen LogP contribution < -0.4 is 4.90 Å². The van der Waals surface area contributed by atoms with E-state index in [1.165, 1.54) is 34.1 Å². The topological polar surface area (TPSA) is 75.2 Å². The summed E-state index contributed by atoms with van der Waals surface area (Å²) in [7, 11) is 4.02. The van der Waals surface area contributed by atoms with Gasteiger partial charge in [0.05, 0.1) is 26.2 Å². The number of carbonyl (C=O) groups is 2. The third kappa shape index (κ3) is 3.84. The number of quaternary nitrogens is 1. The highest BCUT2D eigenvalue weighted by molar-refractivity contribution is 6.46. The highest BCUT2D eigenvalue weighted by Crippen LogP contribution is 2.39. The molecule has 2 N–H and O–H groups in total. The zero-order chi connectivity index (χ0) is 20.4. The lowest BCUT2D eigenvalue weighted by atomic mass is 9.99. The van der Waals surface area contributed by atoms with Crippen molar-refractivity contribution in [2.45, 2.75) is 19.4 Å². The molecule has 148 valence electrons. The Morgan fingerprint density at radius 3 is 2.43 bits per heavy atom. The number of ketones is 1. The fraction of sp³-hybridized carbons (Fsp3) is 0.333. The summed E-state index contributed by atoms with van der Waals surface area (Å²) in [6.07, 6.45) is 0.697. The van der Waals surface area contributed by atoms with Crippen molar-refractivity contribution in [3.05, 3.63) is 64.9 Å². The monoisotopic (exact) mass is 387 g/mol. The molecule has 7 heteroatoms. The minimum absolute atomic E-state index is 0.0387. The number of nitrogens with zero attached hydrogens (tertiary/aromatic N) is 1. The standard InChI is InChI=1S/C21H23FN2O4/c1-13-5-10-16(28-13)18-17(19(25)14-6-8-15(22)9-7-14)20(26)21(27)24(18)12-4-11-23(2)3/h5-10,18,25H,4,11-12H2,1-3H3/p+1/t18-/m1/s1. The van der Waals surface area contributed by atoms with Crippen molar-refractivity contribution in [1.29, 1.82) is 0 Å². The van der Waals surface area contributed by atoms with Gasteiger partial charge in [0.15, 0.2) is 0 Å². The second-order valence-electron chi connectivity index (χ2n) is 7.26. The van der Waals surface area contributed by atoms with Crippen molar-refractivity contribution in [2.24, 2.45) is 0 Å². The van der Waals surface area contributed by atoms with Gasteiger partial charge in [-0.15, -0.1) is 0 Å². The van der Waals surface area contributed by atoms with Crippen LogP contribution in [0.25, 0.3) is 5.76 Å². The number of aliphatic hydroxyl groups excluding tert-OH is 1. The molecule has 1 aromatic carbocycles. The van der Waals surface area contributed by atoms with E-state index in [4.69, 9.17) is 4.42 Å². The summed E-state index contributed by atoms with van der Waals surface area (Å²) in [5.41, 5.74) is 0.230. The van der Waals surface area contributed by atoms with Gasteiger partial charge in [0, 0.05) is 18.5 Å². The number of nitrogens with one attached hydrogen (secondary N) is 1. The Morgan fingerprint density at radius 1 is 1.18 bits per heavy atom. The van der Waals surface area contributed by atoms with Gasteiger partial charge in [-0.1, -0.05) is 0 Å². The number of benzene rings is 1. The van der Waals surface area contributed by atoms with Gasteiger partial charge < -0.3 is 19.3 Å². The zero-order valence-corrected chi connectivity index (χ0v) is 16.2. The first-order valence-corrected chi connectivity index (χ1v) is 9.19. The zero-order valence-electron chi connectivity index (χ0n) is 16.2. The number of hydrogen-bond donors (Lipinski definition) is 2. The molecule has 0 aliphatic carbocycles. The van der Waals surface area contributed by atoms with Gasteiger partial charge >= 0.3 is 0 Å². The smallest absolute Gasteiger partial charge is 0.295 e. The molecule has 1 atom stereocenters. The fourth-order valence-electron chi connectivity index (χ4n) is 3.37.